The van der Waals surface area contributed by atoms with E-state index >= 15 is 0 Å². The van der Waals surface area contributed by atoms with Crippen LogP contribution in [-0.2, 0) is 0 Å². The molecule has 0 amide bonds. The number of halogens is 3. The summed E-state index contributed by atoms with van der Waals surface area (Å²) in [7, 11) is 0. The van der Waals surface area contributed by atoms with E-state index in [1.807, 2.05) is 0 Å². The van der Waals surface area contributed by atoms with Gasteiger partial charge in [-0.05, 0) is 31.2 Å². The number of alkyl halides is 3. The fourth-order valence-electron chi connectivity index (χ4n) is 0.954. The molecule has 1 aromatic carbocycles. The molecule has 90 valence electrons. The maximum atomic E-state index is 11.8. The molecule has 1 rings (SSSR count). The second-order valence-corrected chi connectivity index (χ2v) is 3.18. The molecular formula is C10H11F3O3. The van der Waals surface area contributed by atoms with Crippen LogP contribution in [0.2, 0.25) is 0 Å². The predicted molar refractivity (Wildman–Crippen MR) is 50.3 cm³/mol. The largest absolute Gasteiger partial charge is 0.573 e. The summed E-state index contributed by atoms with van der Waals surface area (Å²) < 4.78 is 44.2. The molecule has 0 bridgehead atoms. The topological polar surface area (TPSA) is 38.7 Å². The lowest BCUT2D eigenvalue weighted by molar-refractivity contribution is -0.274. The first-order valence-electron chi connectivity index (χ1n) is 4.53. The van der Waals surface area contributed by atoms with E-state index in [2.05, 4.69) is 4.74 Å². The molecule has 0 saturated carbocycles. The maximum Gasteiger partial charge on any atom is 0.573 e. The number of aliphatic hydroxyl groups is 1. The van der Waals surface area contributed by atoms with Crippen molar-refractivity contribution in [3.05, 3.63) is 24.3 Å². The van der Waals surface area contributed by atoms with E-state index in [0.717, 1.165) is 12.1 Å². The van der Waals surface area contributed by atoms with Gasteiger partial charge in [-0.3, -0.25) is 0 Å². The highest BCUT2D eigenvalue weighted by atomic mass is 19.4. The second kappa shape index (κ2) is 5.07. The lowest BCUT2D eigenvalue weighted by atomic mass is 10.3. The van der Waals surface area contributed by atoms with Gasteiger partial charge in [0.2, 0.25) is 0 Å². The molecule has 0 aliphatic heterocycles. The Morgan fingerprint density at radius 2 is 1.69 bits per heavy atom. The summed E-state index contributed by atoms with van der Waals surface area (Å²) in [5, 5.41) is 8.92. The zero-order valence-electron chi connectivity index (χ0n) is 8.49. The third-order valence-electron chi connectivity index (χ3n) is 1.55. The molecule has 0 heterocycles. The third-order valence-corrected chi connectivity index (χ3v) is 1.55. The molecule has 0 aliphatic rings. The van der Waals surface area contributed by atoms with Crippen LogP contribution in [0.25, 0.3) is 0 Å². The summed E-state index contributed by atoms with van der Waals surface area (Å²) in [6, 6.07) is 4.96. The van der Waals surface area contributed by atoms with Crippen LogP contribution in [0.4, 0.5) is 13.2 Å². The van der Waals surface area contributed by atoms with E-state index in [9.17, 15) is 13.2 Å². The maximum absolute atomic E-state index is 11.8. The third kappa shape index (κ3) is 4.88. The van der Waals surface area contributed by atoms with Gasteiger partial charge in [0.05, 0.1) is 6.10 Å². The number of hydrogen-bond donors (Lipinski definition) is 1. The smallest absolute Gasteiger partial charge is 0.491 e. The molecule has 1 unspecified atom stereocenters. The van der Waals surface area contributed by atoms with Crippen LogP contribution >= 0.6 is 0 Å². The normalized spacial score (nSPS) is 13.3. The second-order valence-electron chi connectivity index (χ2n) is 3.18. The minimum atomic E-state index is -4.69. The van der Waals surface area contributed by atoms with Crippen molar-refractivity contribution in [3.63, 3.8) is 0 Å². The first-order valence-corrected chi connectivity index (χ1v) is 4.53. The standard InChI is InChI=1S/C10H11F3O3/c1-7(14)6-15-8-2-4-9(5-3-8)16-10(11,12)13/h2-5,7,14H,6H2,1H3. The van der Waals surface area contributed by atoms with Crippen LogP contribution in [0.3, 0.4) is 0 Å². The summed E-state index contributed by atoms with van der Waals surface area (Å²) in [4.78, 5) is 0. The molecule has 0 spiro atoms. The molecular weight excluding hydrogens is 225 g/mol. The molecule has 1 aromatic rings. The van der Waals surface area contributed by atoms with Gasteiger partial charge >= 0.3 is 6.36 Å². The zero-order chi connectivity index (χ0) is 12.2. The van der Waals surface area contributed by atoms with Crippen LogP contribution in [0.1, 0.15) is 6.92 Å². The highest BCUT2D eigenvalue weighted by Crippen LogP contribution is 2.24. The number of aliphatic hydroxyl groups excluding tert-OH is 1. The molecule has 1 N–H and O–H groups in total. The predicted octanol–water partition coefficient (Wildman–Crippen LogP) is 2.34. The Morgan fingerprint density at radius 1 is 1.19 bits per heavy atom. The van der Waals surface area contributed by atoms with Crippen molar-refractivity contribution in [2.45, 2.75) is 19.4 Å². The van der Waals surface area contributed by atoms with Gasteiger partial charge in [0.1, 0.15) is 18.1 Å². The quantitative estimate of drug-likeness (QED) is 0.872. The van der Waals surface area contributed by atoms with Crippen molar-refractivity contribution in [1.82, 2.24) is 0 Å². The number of ether oxygens (including phenoxy) is 2. The van der Waals surface area contributed by atoms with Crippen molar-refractivity contribution >= 4 is 0 Å². The van der Waals surface area contributed by atoms with Crippen LogP contribution < -0.4 is 9.47 Å². The van der Waals surface area contributed by atoms with Crippen LogP contribution in [0, 0.1) is 0 Å². The van der Waals surface area contributed by atoms with Crippen LogP contribution in [-0.4, -0.2) is 24.2 Å². The molecule has 0 radical (unpaired) electrons. The fraction of sp³-hybridized carbons (Fsp3) is 0.400. The van der Waals surface area contributed by atoms with E-state index < -0.39 is 12.5 Å². The Bertz CT molecular complexity index is 319. The first kappa shape index (κ1) is 12.6. The molecule has 3 nitrogen and oxygen atoms in total. The SMILES string of the molecule is CC(O)COc1ccc(OC(F)(F)F)cc1. The summed E-state index contributed by atoms with van der Waals surface area (Å²) in [6.07, 6.45) is -5.33. The van der Waals surface area contributed by atoms with Gasteiger partial charge < -0.3 is 14.6 Å². The van der Waals surface area contributed by atoms with Crippen molar-refractivity contribution < 1.29 is 27.8 Å². The summed E-state index contributed by atoms with van der Waals surface area (Å²) in [6.45, 7) is 1.63. The Labute approximate surface area is 90.4 Å². The van der Waals surface area contributed by atoms with Crippen molar-refractivity contribution in [2.75, 3.05) is 6.61 Å². The van der Waals surface area contributed by atoms with E-state index in [1.54, 1.807) is 6.92 Å². The van der Waals surface area contributed by atoms with E-state index in [4.69, 9.17) is 9.84 Å². The molecule has 16 heavy (non-hydrogen) atoms. The van der Waals surface area contributed by atoms with Gasteiger partial charge in [0, 0.05) is 0 Å². The van der Waals surface area contributed by atoms with Crippen molar-refractivity contribution in [1.29, 1.82) is 0 Å². The Kier molecular flexibility index (Phi) is 4.00. The highest BCUT2D eigenvalue weighted by molar-refractivity contribution is 5.31. The lowest BCUT2D eigenvalue weighted by Crippen LogP contribution is -2.17. The Hall–Kier alpha value is -1.43. The van der Waals surface area contributed by atoms with Gasteiger partial charge in [-0.15, -0.1) is 13.2 Å². The minimum Gasteiger partial charge on any atom is -0.491 e. The highest BCUT2D eigenvalue weighted by Gasteiger charge is 2.30. The van der Waals surface area contributed by atoms with Gasteiger partial charge in [-0.2, -0.15) is 0 Å². The monoisotopic (exact) mass is 236 g/mol. The number of rotatable bonds is 4. The summed E-state index contributed by atoms with van der Waals surface area (Å²) in [5.41, 5.74) is 0. The lowest BCUT2D eigenvalue weighted by Gasteiger charge is -2.10. The molecule has 1 atom stereocenters. The average Bonchev–Trinajstić information content (AvgIpc) is 2.14. The fourth-order valence-corrected chi connectivity index (χ4v) is 0.954. The average molecular weight is 236 g/mol. The van der Waals surface area contributed by atoms with E-state index in [-0.39, 0.29) is 12.4 Å². The van der Waals surface area contributed by atoms with Gasteiger partial charge in [-0.1, -0.05) is 0 Å². The first-order chi connectivity index (χ1) is 7.37. The Balaban J connectivity index is 2.54. The van der Waals surface area contributed by atoms with Crippen LogP contribution in [0.5, 0.6) is 11.5 Å². The van der Waals surface area contributed by atoms with Crippen molar-refractivity contribution in [3.8, 4) is 11.5 Å². The van der Waals surface area contributed by atoms with E-state index in [0.29, 0.717) is 5.75 Å². The van der Waals surface area contributed by atoms with Crippen LogP contribution in [0.15, 0.2) is 24.3 Å². The minimum absolute atomic E-state index is 0.0828. The molecule has 0 aliphatic carbocycles. The Morgan fingerprint density at radius 3 is 2.12 bits per heavy atom. The summed E-state index contributed by atoms with van der Waals surface area (Å²) >= 11 is 0. The van der Waals surface area contributed by atoms with Gasteiger partial charge in [0.25, 0.3) is 0 Å². The van der Waals surface area contributed by atoms with Crippen molar-refractivity contribution in [2.24, 2.45) is 0 Å². The molecule has 0 aromatic heterocycles. The molecule has 0 saturated heterocycles. The molecule has 6 heteroatoms. The van der Waals surface area contributed by atoms with Gasteiger partial charge in [-0.25, -0.2) is 0 Å². The number of benzene rings is 1. The number of hydrogen-bond acceptors (Lipinski definition) is 3. The molecule has 0 fully saturated rings. The van der Waals surface area contributed by atoms with Gasteiger partial charge in [0.15, 0.2) is 0 Å². The van der Waals surface area contributed by atoms with E-state index in [1.165, 1.54) is 12.1 Å². The zero-order valence-corrected chi connectivity index (χ0v) is 8.49. The summed E-state index contributed by atoms with van der Waals surface area (Å²) in [5.74, 6) is 0.0623.